The minimum atomic E-state index is 0.0697. The molecule has 0 aliphatic heterocycles. The van der Waals surface area contributed by atoms with Gasteiger partial charge in [0.2, 0.25) is 5.91 Å². The van der Waals surface area contributed by atoms with Crippen molar-refractivity contribution in [2.75, 3.05) is 39.8 Å². The van der Waals surface area contributed by atoms with Crippen LogP contribution in [-0.2, 0) is 4.79 Å². The van der Waals surface area contributed by atoms with Crippen molar-refractivity contribution in [3.63, 3.8) is 0 Å². The molecular formula is C13H29N3O. The van der Waals surface area contributed by atoms with Gasteiger partial charge in [0.15, 0.2) is 0 Å². The molecule has 4 nitrogen and oxygen atoms in total. The summed E-state index contributed by atoms with van der Waals surface area (Å²) < 4.78 is 0. The van der Waals surface area contributed by atoms with Gasteiger partial charge < -0.3 is 10.6 Å². The van der Waals surface area contributed by atoms with Crippen LogP contribution in [0.1, 0.15) is 34.1 Å². The molecule has 0 aliphatic carbocycles. The fourth-order valence-corrected chi connectivity index (χ4v) is 1.69. The summed E-state index contributed by atoms with van der Waals surface area (Å²) in [5, 5.41) is 0. The van der Waals surface area contributed by atoms with Gasteiger partial charge >= 0.3 is 0 Å². The number of nitrogens with two attached hydrogens (primary N) is 1. The number of amides is 1. The molecule has 1 amide bonds. The number of rotatable bonds is 8. The van der Waals surface area contributed by atoms with Gasteiger partial charge in [-0.15, -0.1) is 0 Å². The molecule has 0 heterocycles. The minimum Gasteiger partial charge on any atom is -0.345 e. The lowest BCUT2D eigenvalue weighted by molar-refractivity contribution is -0.131. The molecular weight excluding hydrogens is 214 g/mol. The second kappa shape index (κ2) is 7.67. The van der Waals surface area contributed by atoms with Crippen LogP contribution in [0.3, 0.4) is 0 Å². The smallest absolute Gasteiger partial charge is 0.236 e. The molecule has 0 aromatic carbocycles. The molecule has 0 rings (SSSR count). The number of likely N-dealkylation sites (N-methyl/N-ethyl adjacent to an activating group) is 1. The second-order valence-corrected chi connectivity index (χ2v) is 5.49. The van der Waals surface area contributed by atoms with Crippen LogP contribution in [0, 0.1) is 5.41 Å². The van der Waals surface area contributed by atoms with E-state index in [1.807, 2.05) is 14.0 Å². The van der Waals surface area contributed by atoms with Gasteiger partial charge in [-0.1, -0.05) is 20.8 Å². The molecule has 0 spiro atoms. The van der Waals surface area contributed by atoms with Crippen molar-refractivity contribution in [3.8, 4) is 0 Å². The third kappa shape index (κ3) is 6.64. The molecule has 0 aromatic rings. The third-order valence-electron chi connectivity index (χ3n) is 3.00. The van der Waals surface area contributed by atoms with Crippen LogP contribution in [0.15, 0.2) is 0 Å². The zero-order valence-electron chi connectivity index (χ0n) is 12.1. The Kier molecular flexibility index (Phi) is 7.39. The monoisotopic (exact) mass is 243 g/mol. The Morgan fingerprint density at radius 3 is 2.29 bits per heavy atom. The average Bonchev–Trinajstić information content (AvgIpc) is 2.27. The van der Waals surface area contributed by atoms with Crippen LogP contribution in [0.2, 0.25) is 0 Å². The van der Waals surface area contributed by atoms with Gasteiger partial charge in [-0.3, -0.25) is 9.69 Å². The summed E-state index contributed by atoms with van der Waals surface area (Å²) >= 11 is 0. The third-order valence-corrected chi connectivity index (χ3v) is 3.00. The van der Waals surface area contributed by atoms with E-state index in [1.54, 1.807) is 4.90 Å². The van der Waals surface area contributed by atoms with Crippen LogP contribution in [0.25, 0.3) is 0 Å². The summed E-state index contributed by atoms with van der Waals surface area (Å²) in [4.78, 5) is 15.9. The van der Waals surface area contributed by atoms with Crippen LogP contribution >= 0.6 is 0 Å². The Hall–Kier alpha value is -0.610. The SMILES string of the molecule is CCCN(CC(=O)N(C)CC)CC(C)(C)CN. The Morgan fingerprint density at radius 1 is 1.29 bits per heavy atom. The summed E-state index contributed by atoms with van der Waals surface area (Å²) in [6.45, 7) is 12.1. The molecule has 0 aliphatic rings. The lowest BCUT2D eigenvalue weighted by Crippen LogP contribution is -2.44. The maximum atomic E-state index is 11.9. The first-order valence-electron chi connectivity index (χ1n) is 6.52. The maximum Gasteiger partial charge on any atom is 0.236 e. The number of hydrogen-bond acceptors (Lipinski definition) is 3. The standard InChI is InChI=1S/C13H29N3O/c1-6-8-16(11-13(3,4)10-14)9-12(17)15(5)7-2/h6-11,14H2,1-5H3. The lowest BCUT2D eigenvalue weighted by Gasteiger charge is -2.32. The number of nitrogens with zero attached hydrogens (tertiary/aromatic N) is 2. The van der Waals surface area contributed by atoms with Crippen LogP contribution in [-0.4, -0.2) is 55.5 Å². The summed E-state index contributed by atoms with van der Waals surface area (Å²) in [5.74, 6) is 0.189. The first-order chi connectivity index (χ1) is 7.86. The first-order valence-corrected chi connectivity index (χ1v) is 6.52. The highest BCUT2D eigenvalue weighted by atomic mass is 16.2. The van der Waals surface area contributed by atoms with Crippen molar-refractivity contribution in [3.05, 3.63) is 0 Å². The van der Waals surface area contributed by atoms with E-state index < -0.39 is 0 Å². The van der Waals surface area contributed by atoms with E-state index in [0.717, 1.165) is 26.1 Å². The molecule has 0 bridgehead atoms. The van der Waals surface area contributed by atoms with E-state index in [9.17, 15) is 4.79 Å². The van der Waals surface area contributed by atoms with E-state index in [4.69, 9.17) is 5.73 Å². The van der Waals surface area contributed by atoms with Crippen molar-refractivity contribution in [1.82, 2.24) is 9.80 Å². The van der Waals surface area contributed by atoms with Crippen molar-refractivity contribution < 1.29 is 4.79 Å². The van der Waals surface area contributed by atoms with E-state index in [2.05, 4.69) is 25.7 Å². The average molecular weight is 243 g/mol. The van der Waals surface area contributed by atoms with Crippen molar-refractivity contribution in [1.29, 1.82) is 0 Å². The Bertz CT molecular complexity index is 229. The van der Waals surface area contributed by atoms with Gasteiger partial charge in [0.05, 0.1) is 6.54 Å². The highest BCUT2D eigenvalue weighted by molar-refractivity contribution is 5.77. The van der Waals surface area contributed by atoms with E-state index in [-0.39, 0.29) is 11.3 Å². The molecule has 0 aromatic heterocycles. The van der Waals surface area contributed by atoms with Gasteiger partial charge in [-0.25, -0.2) is 0 Å². The Balaban J connectivity index is 4.38. The van der Waals surface area contributed by atoms with Gasteiger partial charge in [0, 0.05) is 20.1 Å². The van der Waals surface area contributed by atoms with E-state index in [1.165, 1.54) is 0 Å². The molecule has 0 radical (unpaired) electrons. The number of carbonyl (C=O) groups is 1. The summed E-state index contributed by atoms with van der Waals surface area (Å²) in [5.41, 5.74) is 5.82. The molecule has 102 valence electrons. The maximum absolute atomic E-state index is 11.9. The zero-order chi connectivity index (χ0) is 13.5. The van der Waals surface area contributed by atoms with Crippen molar-refractivity contribution in [2.45, 2.75) is 34.1 Å². The van der Waals surface area contributed by atoms with Crippen LogP contribution in [0.5, 0.6) is 0 Å². The normalized spacial score (nSPS) is 11.9. The van der Waals surface area contributed by atoms with Crippen LogP contribution in [0.4, 0.5) is 0 Å². The molecule has 4 heteroatoms. The predicted molar refractivity (Wildman–Crippen MR) is 72.9 cm³/mol. The van der Waals surface area contributed by atoms with Crippen molar-refractivity contribution in [2.24, 2.45) is 11.1 Å². The topological polar surface area (TPSA) is 49.6 Å². The fourth-order valence-electron chi connectivity index (χ4n) is 1.69. The summed E-state index contributed by atoms with van der Waals surface area (Å²) in [6, 6.07) is 0. The fraction of sp³-hybridized carbons (Fsp3) is 0.923. The highest BCUT2D eigenvalue weighted by Crippen LogP contribution is 2.15. The van der Waals surface area contributed by atoms with Gasteiger partial charge in [0.25, 0.3) is 0 Å². The molecule has 0 saturated heterocycles. The zero-order valence-corrected chi connectivity index (χ0v) is 12.1. The predicted octanol–water partition coefficient (Wildman–Crippen LogP) is 1.16. The molecule has 17 heavy (non-hydrogen) atoms. The highest BCUT2D eigenvalue weighted by Gasteiger charge is 2.22. The quantitative estimate of drug-likeness (QED) is 0.696. The minimum absolute atomic E-state index is 0.0697. The second-order valence-electron chi connectivity index (χ2n) is 5.49. The molecule has 0 unspecified atom stereocenters. The summed E-state index contributed by atoms with van der Waals surface area (Å²) in [6.07, 6.45) is 1.06. The lowest BCUT2D eigenvalue weighted by atomic mass is 9.93. The Labute approximate surface area is 106 Å². The first kappa shape index (κ1) is 16.4. The van der Waals surface area contributed by atoms with Gasteiger partial charge in [0.1, 0.15) is 0 Å². The van der Waals surface area contributed by atoms with Crippen molar-refractivity contribution >= 4 is 5.91 Å². The molecule has 2 N–H and O–H groups in total. The Morgan fingerprint density at radius 2 is 1.88 bits per heavy atom. The van der Waals surface area contributed by atoms with E-state index in [0.29, 0.717) is 13.1 Å². The largest absolute Gasteiger partial charge is 0.345 e. The molecule has 0 atom stereocenters. The van der Waals surface area contributed by atoms with E-state index >= 15 is 0 Å². The van der Waals surface area contributed by atoms with Crippen LogP contribution < -0.4 is 5.73 Å². The number of hydrogen-bond donors (Lipinski definition) is 1. The number of carbonyl (C=O) groups excluding carboxylic acids is 1. The molecule has 0 fully saturated rings. The summed E-state index contributed by atoms with van der Waals surface area (Å²) in [7, 11) is 1.85. The molecule has 0 saturated carbocycles. The van der Waals surface area contributed by atoms with Gasteiger partial charge in [-0.2, -0.15) is 0 Å². The van der Waals surface area contributed by atoms with Gasteiger partial charge in [-0.05, 0) is 31.8 Å².